The molecule has 0 unspecified atom stereocenters. The van der Waals surface area contributed by atoms with Crippen LogP contribution in [0.5, 0.6) is 5.75 Å². The summed E-state index contributed by atoms with van der Waals surface area (Å²) in [5.41, 5.74) is 0.465. The highest BCUT2D eigenvalue weighted by Gasteiger charge is 2.10. The van der Waals surface area contributed by atoms with Crippen molar-refractivity contribution in [3.63, 3.8) is 0 Å². The number of anilines is 1. The van der Waals surface area contributed by atoms with Crippen LogP contribution in [0.3, 0.4) is 0 Å². The minimum Gasteiger partial charge on any atom is -0.506 e. The van der Waals surface area contributed by atoms with Gasteiger partial charge in [0.15, 0.2) is 5.11 Å². The highest BCUT2D eigenvalue weighted by molar-refractivity contribution is 7.89. The Morgan fingerprint density at radius 3 is 2.52 bits per heavy atom. The average Bonchev–Trinajstić information content (AvgIpc) is 2.61. The van der Waals surface area contributed by atoms with E-state index in [1.807, 2.05) is 0 Å². The Hall–Kier alpha value is -3.08. The third-order valence-electron chi connectivity index (χ3n) is 3.68. The molecule has 27 heavy (non-hydrogen) atoms. The Bertz CT molecular complexity index is 1220. The molecule has 138 valence electrons. The van der Waals surface area contributed by atoms with E-state index in [0.29, 0.717) is 16.6 Å². The van der Waals surface area contributed by atoms with Crippen molar-refractivity contribution in [3.8, 4) is 5.75 Å². The highest BCUT2D eigenvalue weighted by Crippen LogP contribution is 2.23. The first kappa shape index (κ1) is 18.7. The van der Waals surface area contributed by atoms with Gasteiger partial charge in [0.25, 0.3) is 5.56 Å². The number of aromatic nitrogens is 1. The zero-order valence-corrected chi connectivity index (χ0v) is 15.3. The van der Waals surface area contributed by atoms with Crippen molar-refractivity contribution in [2.45, 2.75) is 4.90 Å². The third-order valence-corrected chi connectivity index (χ3v) is 4.81. The Kier molecular flexibility index (Phi) is 5.04. The van der Waals surface area contributed by atoms with Gasteiger partial charge in [-0.15, -0.1) is 0 Å². The molecule has 0 atom stereocenters. The topological polar surface area (TPSA) is 138 Å². The second kappa shape index (κ2) is 7.27. The predicted octanol–water partition coefficient (Wildman–Crippen LogP) is 1.70. The van der Waals surface area contributed by atoms with Gasteiger partial charge in [0.2, 0.25) is 10.0 Å². The standard InChI is InChI=1S/C17H14N4O4S2/c18-27(24,25)11-7-5-10(6-8-11)20-17(26)19-9-13-15(22)12-3-1-2-4-14(12)21-16(13)23/h1-9H,(H,20,26)(H2,18,24,25)(H2,21,22,23)/b19-9+. The minimum atomic E-state index is -3.78. The van der Waals surface area contributed by atoms with E-state index in [4.69, 9.17) is 17.4 Å². The lowest BCUT2D eigenvalue weighted by atomic mass is 10.1. The number of hydrogen-bond donors (Lipinski definition) is 4. The van der Waals surface area contributed by atoms with Crippen LogP contribution in [0.15, 0.2) is 63.2 Å². The van der Waals surface area contributed by atoms with Gasteiger partial charge in [0, 0.05) is 17.3 Å². The molecule has 0 aliphatic heterocycles. The van der Waals surface area contributed by atoms with Crippen LogP contribution in [-0.2, 0) is 10.0 Å². The van der Waals surface area contributed by atoms with E-state index in [-0.39, 0.29) is 21.3 Å². The van der Waals surface area contributed by atoms with Gasteiger partial charge in [0.05, 0.1) is 10.4 Å². The van der Waals surface area contributed by atoms with Crippen LogP contribution in [0.1, 0.15) is 5.56 Å². The van der Waals surface area contributed by atoms with E-state index in [1.165, 1.54) is 24.3 Å². The molecule has 3 aromatic rings. The number of fused-ring (bicyclic) bond motifs is 1. The predicted molar refractivity (Wildman–Crippen MR) is 108 cm³/mol. The lowest BCUT2D eigenvalue weighted by molar-refractivity contribution is 0.479. The van der Waals surface area contributed by atoms with Crippen LogP contribution in [-0.4, -0.2) is 29.8 Å². The number of H-pyrrole nitrogens is 1. The zero-order chi connectivity index (χ0) is 19.6. The Morgan fingerprint density at radius 2 is 1.85 bits per heavy atom. The molecule has 0 bridgehead atoms. The number of primary sulfonamides is 1. The number of nitrogens with two attached hydrogens (primary N) is 1. The largest absolute Gasteiger partial charge is 0.506 e. The van der Waals surface area contributed by atoms with Gasteiger partial charge in [-0.25, -0.2) is 18.5 Å². The van der Waals surface area contributed by atoms with Crippen LogP contribution in [0.25, 0.3) is 10.9 Å². The number of pyridine rings is 1. The molecular formula is C17H14N4O4S2. The van der Waals surface area contributed by atoms with E-state index in [2.05, 4.69) is 15.3 Å². The fraction of sp³-hybridized carbons (Fsp3) is 0. The molecule has 0 fully saturated rings. The molecule has 3 rings (SSSR count). The van der Waals surface area contributed by atoms with Crippen molar-refractivity contribution < 1.29 is 13.5 Å². The maximum absolute atomic E-state index is 12.1. The lowest BCUT2D eigenvalue weighted by Crippen LogP contribution is -2.14. The number of thiocarbonyl (C=S) groups is 1. The number of aliphatic imine (C=N–C) groups is 1. The molecule has 8 nitrogen and oxygen atoms in total. The van der Waals surface area contributed by atoms with Crippen molar-refractivity contribution in [2.24, 2.45) is 10.1 Å². The molecule has 10 heteroatoms. The number of aromatic hydroxyl groups is 1. The van der Waals surface area contributed by atoms with Crippen LogP contribution in [0.2, 0.25) is 0 Å². The summed E-state index contributed by atoms with van der Waals surface area (Å²) in [5, 5.41) is 18.6. The van der Waals surface area contributed by atoms with Gasteiger partial charge in [-0.1, -0.05) is 12.1 Å². The van der Waals surface area contributed by atoms with Crippen molar-refractivity contribution >= 4 is 50.2 Å². The molecule has 0 saturated carbocycles. The summed E-state index contributed by atoms with van der Waals surface area (Å²) in [5.74, 6) is -0.196. The van der Waals surface area contributed by atoms with Gasteiger partial charge in [-0.05, 0) is 48.6 Å². The second-order valence-electron chi connectivity index (χ2n) is 5.52. The van der Waals surface area contributed by atoms with Gasteiger partial charge in [-0.3, -0.25) is 4.79 Å². The normalized spacial score (nSPS) is 11.7. The van der Waals surface area contributed by atoms with Crippen LogP contribution in [0, 0.1) is 0 Å². The maximum Gasteiger partial charge on any atom is 0.261 e. The summed E-state index contributed by atoms with van der Waals surface area (Å²) in [6.45, 7) is 0. The summed E-state index contributed by atoms with van der Waals surface area (Å²) in [6, 6.07) is 12.4. The first-order valence-corrected chi connectivity index (χ1v) is 9.53. The fourth-order valence-electron chi connectivity index (χ4n) is 2.37. The van der Waals surface area contributed by atoms with E-state index < -0.39 is 15.6 Å². The lowest BCUT2D eigenvalue weighted by Gasteiger charge is -2.06. The molecule has 0 spiro atoms. The summed E-state index contributed by atoms with van der Waals surface area (Å²) in [6.07, 6.45) is 1.16. The van der Waals surface area contributed by atoms with E-state index in [1.54, 1.807) is 24.3 Å². The molecule has 1 aromatic heterocycles. The van der Waals surface area contributed by atoms with Crippen molar-refractivity contribution in [1.29, 1.82) is 0 Å². The number of sulfonamides is 1. The highest BCUT2D eigenvalue weighted by atomic mass is 32.2. The van der Waals surface area contributed by atoms with Gasteiger partial charge < -0.3 is 15.4 Å². The number of benzene rings is 2. The zero-order valence-electron chi connectivity index (χ0n) is 13.7. The summed E-state index contributed by atoms with van der Waals surface area (Å²) >= 11 is 5.08. The first-order chi connectivity index (χ1) is 12.8. The monoisotopic (exact) mass is 402 g/mol. The maximum atomic E-state index is 12.1. The molecule has 0 radical (unpaired) electrons. The number of rotatable bonds is 3. The molecule has 1 heterocycles. The van der Waals surface area contributed by atoms with Gasteiger partial charge >= 0.3 is 0 Å². The summed E-state index contributed by atoms with van der Waals surface area (Å²) in [4.78, 5) is 18.7. The third kappa shape index (κ3) is 4.19. The number of nitrogens with one attached hydrogen (secondary N) is 2. The summed E-state index contributed by atoms with van der Waals surface area (Å²) in [7, 11) is -3.78. The number of para-hydroxylation sites is 1. The van der Waals surface area contributed by atoms with Crippen LogP contribution in [0.4, 0.5) is 5.69 Å². The fourth-order valence-corrected chi connectivity index (χ4v) is 3.05. The molecule has 0 saturated heterocycles. The SMILES string of the molecule is NS(=O)(=O)c1ccc(NC(=S)/N=C/c2c(O)c3ccccc3[nH]c2=O)cc1. The molecular weight excluding hydrogens is 388 g/mol. The smallest absolute Gasteiger partial charge is 0.261 e. The van der Waals surface area contributed by atoms with Gasteiger partial charge in [-0.2, -0.15) is 0 Å². The quantitative estimate of drug-likeness (QED) is 0.389. The van der Waals surface area contributed by atoms with E-state index in [0.717, 1.165) is 6.21 Å². The van der Waals surface area contributed by atoms with Crippen molar-refractivity contribution in [1.82, 2.24) is 4.98 Å². The molecule has 0 aliphatic carbocycles. The van der Waals surface area contributed by atoms with Crippen molar-refractivity contribution in [2.75, 3.05) is 5.32 Å². The molecule has 0 amide bonds. The minimum absolute atomic E-state index is 0.0188. The first-order valence-electron chi connectivity index (χ1n) is 7.57. The van der Waals surface area contributed by atoms with E-state index in [9.17, 15) is 18.3 Å². The molecule has 2 aromatic carbocycles. The van der Waals surface area contributed by atoms with Gasteiger partial charge in [0.1, 0.15) is 11.3 Å². The summed E-state index contributed by atoms with van der Waals surface area (Å²) < 4.78 is 22.5. The van der Waals surface area contributed by atoms with Crippen molar-refractivity contribution in [3.05, 3.63) is 64.4 Å². The molecule has 0 aliphatic rings. The van der Waals surface area contributed by atoms with Crippen LogP contribution < -0.4 is 16.0 Å². The Labute approximate surface area is 159 Å². The Balaban J connectivity index is 1.81. The molecule has 5 N–H and O–H groups in total. The second-order valence-corrected chi connectivity index (χ2v) is 7.47. The number of aromatic amines is 1. The number of nitrogens with zero attached hydrogens (tertiary/aromatic N) is 1. The van der Waals surface area contributed by atoms with Crippen LogP contribution >= 0.6 is 12.2 Å². The number of hydrogen-bond acceptors (Lipinski definition) is 5. The van der Waals surface area contributed by atoms with E-state index >= 15 is 0 Å². The average molecular weight is 402 g/mol. The Morgan fingerprint density at radius 1 is 1.19 bits per heavy atom.